The molecule has 1 aromatic heterocycles. The van der Waals surface area contributed by atoms with Gasteiger partial charge in [-0.1, -0.05) is 25.3 Å². The van der Waals surface area contributed by atoms with Crippen LogP contribution in [-0.2, 0) is 0 Å². The first-order valence-corrected chi connectivity index (χ1v) is 13.8. The number of hydrogen-bond donors (Lipinski definition) is 1. The number of ether oxygens (including phenoxy) is 2. The fourth-order valence-corrected chi connectivity index (χ4v) is 5.68. The molecule has 0 spiro atoms. The number of urea groups is 1. The van der Waals surface area contributed by atoms with Gasteiger partial charge < -0.3 is 29.2 Å². The molecule has 8 nitrogen and oxygen atoms in total. The number of rotatable bonds is 6. The van der Waals surface area contributed by atoms with Gasteiger partial charge in [-0.3, -0.25) is 4.79 Å². The summed E-state index contributed by atoms with van der Waals surface area (Å²) >= 11 is 0. The lowest BCUT2D eigenvalue weighted by molar-refractivity contribution is 0.0662. The average Bonchev–Trinajstić information content (AvgIpc) is 3.34. The van der Waals surface area contributed by atoms with Crippen molar-refractivity contribution in [1.29, 1.82) is 0 Å². The summed E-state index contributed by atoms with van der Waals surface area (Å²) in [5.74, 6) is 1.50. The molecule has 1 saturated heterocycles. The van der Waals surface area contributed by atoms with E-state index in [0.29, 0.717) is 31.7 Å². The second kappa shape index (κ2) is 11.8. The van der Waals surface area contributed by atoms with Crippen LogP contribution in [0.25, 0.3) is 16.9 Å². The highest BCUT2D eigenvalue weighted by Gasteiger charge is 2.29. The zero-order valence-electron chi connectivity index (χ0n) is 23.1. The van der Waals surface area contributed by atoms with Gasteiger partial charge >= 0.3 is 6.03 Å². The Morgan fingerprint density at radius 2 is 1.49 bits per heavy atom. The molecule has 2 aromatic carbocycles. The number of amides is 3. The summed E-state index contributed by atoms with van der Waals surface area (Å²) in [6, 6.07) is 17.9. The average molecular weight is 531 g/mol. The van der Waals surface area contributed by atoms with E-state index in [1.54, 1.807) is 14.2 Å². The van der Waals surface area contributed by atoms with Crippen LogP contribution in [-0.4, -0.2) is 72.7 Å². The fraction of sp³-hybridized carbons (Fsp3) is 0.419. The van der Waals surface area contributed by atoms with Gasteiger partial charge in [0.2, 0.25) is 0 Å². The molecule has 0 radical (unpaired) electrons. The number of piperazine rings is 1. The Hall–Kier alpha value is -3.94. The Balaban J connectivity index is 1.37. The highest BCUT2D eigenvalue weighted by atomic mass is 16.5. The summed E-state index contributed by atoms with van der Waals surface area (Å²) in [5.41, 5.74) is 4.32. The van der Waals surface area contributed by atoms with E-state index in [4.69, 9.17) is 9.47 Å². The third-order valence-electron chi connectivity index (χ3n) is 7.96. The summed E-state index contributed by atoms with van der Waals surface area (Å²) in [6.45, 7) is 4.07. The number of nitrogens with zero attached hydrogens (tertiary/aromatic N) is 3. The maximum absolute atomic E-state index is 13.8. The van der Waals surface area contributed by atoms with Crippen molar-refractivity contribution in [3.8, 4) is 28.4 Å². The molecular formula is C31H38N4O4. The number of carbonyl (C=O) groups is 2. The van der Waals surface area contributed by atoms with Crippen molar-refractivity contribution in [1.82, 2.24) is 19.7 Å². The lowest BCUT2D eigenvalue weighted by Crippen LogP contribution is -2.54. The minimum Gasteiger partial charge on any atom is -0.497 e. The first kappa shape index (κ1) is 26.7. The minimum atomic E-state index is -0.0174. The van der Waals surface area contributed by atoms with Gasteiger partial charge in [0.05, 0.1) is 25.5 Å². The van der Waals surface area contributed by atoms with E-state index in [1.165, 1.54) is 19.3 Å². The topological polar surface area (TPSA) is 76.0 Å². The maximum Gasteiger partial charge on any atom is 0.317 e. The van der Waals surface area contributed by atoms with Crippen molar-refractivity contribution in [2.45, 2.75) is 45.1 Å². The van der Waals surface area contributed by atoms with Gasteiger partial charge in [-0.25, -0.2) is 4.79 Å². The predicted molar refractivity (Wildman–Crippen MR) is 152 cm³/mol. The Morgan fingerprint density at radius 3 is 2.15 bits per heavy atom. The lowest BCUT2D eigenvalue weighted by Gasteiger charge is -2.36. The molecule has 0 atom stereocenters. The van der Waals surface area contributed by atoms with E-state index in [1.807, 2.05) is 71.3 Å². The van der Waals surface area contributed by atoms with Crippen LogP contribution in [0, 0.1) is 6.92 Å². The van der Waals surface area contributed by atoms with Crippen LogP contribution in [0.3, 0.4) is 0 Å². The van der Waals surface area contributed by atoms with Crippen molar-refractivity contribution in [3.05, 3.63) is 65.9 Å². The second-order valence-corrected chi connectivity index (χ2v) is 10.4. The second-order valence-electron chi connectivity index (χ2n) is 10.4. The first-order chi connectivity index (χ1) is 19.0. The molecule has 2 heterocycles. The lowest BCUT2D eigenvalue weighted by atomic mass is 9.96. The van der Waals surface area contributed by atoms with Crippen LogP contribution in [0.5, 0.6) is 11.5 Å². The van der Waals surface area contributed by atoms with E-state index in [0.717, 1.165) is 47.0 Å². The van der Waals surface area contributed by atoms with E-state index in [9.17, 15) is 9.59 Å². The molecule has 39 heavy (non-hydrogen) atoms. The van der Waals surface area contributed by atoms with Crippen molar-refractivity contribution in [2.75, 3.05) is 40.4 Å². The summed E-state index contributed by atoms with van der Waals surface area (Å²) in [5, 5.41) is 3.20. The summed E-state index contributed by atoms with van der Waals surface area (Å²) in [7, 11) is 3.30. The molecule has 5 rings (SSSR count). The molecule has 2 fully saturated rings. The molecule has 1 aliphatic heterocycles. The Morgan fingerprint density at radius 1 is 0.821 bits per heavy atom. The zero-order valence-corrected chi connectivity index (χ0v) is 23.1. The van der Waals surface area contributed by atoms with E-state index in [-0.39, 0.29) is 18.0 Å². The van der Waals surface area contributed by atoms with Gasteiger partial charge in [0.15, 0.2) is 0 Å². The van der Waals surface area contributed by atoms with E-state index in [2.05, 4.69) is 9.88 Å². The van der Waals surface area contributed by atoms with E-state index < -0.39 is 0 Å². The van der Waals surface area contributed by atoms with Crippen LogP contribution >= 0.6 is 0 Å². The molecule has 2 aliphatic rings. The molecule has 0 unspecified atom stereocenters. The summed E-state index contributed by atoms with van der Waals surface area (Å²) < 4.78 is 12.9. The number of carbonyl (C=O) groups excluding carboxylic acids is 2. The molecule has 1 aliphatic carbocycles. The van der Waals surface area contributed by atoms with Crippen LogP contribution in [0.4, 0.5) is 4.79 Å². The third kappa shape index (κ3) is 5.75. The van der Waals surface area contributed by atoms with Gasteiger partial charge in [0, 0.05) is 49.7 Å². The molecule has 0 bridgehead atoms. The number of hydrogen-bond acceptors (Lipinski definition) is 4. The van der Waals surface area contributed by atoms with Crippen molar-refractivity contribution in [2.24, 2.45) is 0 Å². The fourth-order valence-electron chi connectivity index (χ4n) is 5.68. The van der Waals surface area contributed by atoms with Crippen molar-refractivity contribution >= 4 is 11.9 Å². The number of nitrogens with one attached hydrogen (secondary N) is 1. The third-order valence-corrected chi connectivity index (χ3v) is 7.96. The van der Waals surface area contributed by atoms with Crippen LogP contribution < -0.4 is 14.8 Å². The van der Waals surface area contributed by atoms with Gasteiger partial charge in [-0.2, -0.15) is 0 Å². The molecular weight excluding hydrogens is 492 g/mol. The van der Waals surface area contributed by atoms with Gasteiger partial charge in [0.25, 0.3) is 5.91 Å². The highest BCUT2D eigenvalue weighted by molar-refractivity contribution is 5.97. The highest BCUT2D eigenvalue weighted by Crippen LogP contribution is 2.32. The molecule has 206 valence electrons. The quantitative estimate of drug-likeness (QED) is 0.471. The first-order valence-electron chi connectivity index (χ1n) is 13.8. The number of aromatic nitrogens is 1. The smallest absolute Gasteiger partial charge is 0.317 e. The SMILES string of the molecule is COc1ccc(-c2cc(C(=O)N3CCN(C(=O)NC4CCCCC4)CC3)c(C)n2-c2cccc(OC)c2)cc1. The molecule has 1 N–H and O–H groups in total. The Labute approximate surface area is 230 Å². The van der Waals surface area contributed by atoms with Gasteiger partial charge in [0.1, 0.15) is 11.5 Å². The van der Waals surface area contributed by atoms with E-state index >= 15 is 0 Å². The predicted octanol–water partition coefficient (Wildman–Crippen LogP) is 5.27. The molecule has 3 aromatic rings. The maximum atomic E-state index is 13.8. The van der Waals surface area contributed by atoms with Crippen LogP contribution in [0.1, 0.15) is 48.2 Å². The Kier molecular flexibility index (Phi) is 8.10. The van der Waals surface area contributed by atoms with Crippen molar-refractivity contribution < 1.29 is 19.1 Å². The number of methoxy groups -OCH3 is 2. The van der Waals surface area contributed by atoms with Gasteiger partial charge in [-0.15, -0.1) is 0 Å². The minimum absolute atomic E-state index is 0.00357. The summed E-state index contributed by atoms with van der Waals surface area (Å²) in [6.07, 6.45) is 5.74. The Bertz CT molecular complexity index is 1300. The van der Waals surface area contributed by atoms with Crippen LogP contribution in [0.15, 0.2) is 54.6 Å². The van der Waals surface area contributed by atoms with Crippen LogP contribution in [0.2, 0.25) is 0 Å². The standard InChI is InChI=1S/C31H38N4O4/c1-22-28(30(36)33-16-18-34(19-17-33)31(37)32-24-8-5-4-6-9-24)21-29(23-12-14-26(38-2)15-13-23)35(22)25-10-7-11-27(20-25)39-3/h7,10-15,20-21,24H,4-6,8-9,16-19H2,1-3H3,(H,32,37). The molecule has 3 amide bonds. The summed E-state index contributed by atoms with van der Waals surface area (Å²) in [4.78, 5) is 30.3. The normalized spacial score (nSPS) is 16.2. The monoisotopic (exact) mass is 530 g/mol. The van der Waals surface area contributed by atoms with Crippen molar-refractivity contribution in [3.63, 3.8) is 0 Å². The number of benzene rings is 2. The largest absolute Gasteiger partial charge is 0.497 e. The zero-order chi connectivity index (χ0) is 27.4. The molecule has 1 saturated carbocycles. The van der Waals surface area contributed by atoms with Gasteiger partial charge in [-0.05, 0) is 67.8 Å². The molecule has 8 heteroatoms.